The van der Waals surface area contributed by atoms with Crippen LogP contribution in [0.4, 0.5) is 0 Å². The molecule has 6 nitrogen and oxygen atoms in total. The van der Waals surface area contributed by atoms with Crippen LogP contribution in [0.3, 0.4) is 0 Å². The van der Waals surface area contributed by atoms with Crippen molar-refractivity contribution < 1.29 is 19.2 Å². The van der Waals surface area contributed by atoms with Gasteiger partial charge in [0.25, 0.3) is 0 Å². The monoisotopic (exact) mass is 296 g/mol. The molecule has 1 aliphatic rings. The van der Waals surface area contributed by atoms with Crippen LogP contribution in [-0.2, 0) is 9.53 Å². The number of hydrogen-bond acceptors (Lipinski definition) is 5. The number of rotatable bonds is 7. The lowest BCUT2D eigenvalue weighted by molar-refractivity contribution is -0.142. The second kappa shape index (κ2) is 7.02. The Labute approximate surface area is 124 Å². The lowest BCUT2D eigenvalue weighted by atomic mass is 9.96. The largest absolute Gasteiger partial charge is 0.481 e. The molecule has 1 heterocycles. The van der Waals surface area contributed by atoms with Crippen molar-refractivity contribution in [2.75, 3.05) is 7.11 Å². The van der Waals surface area contributed by atoms with E-state index in [2.05, 4.69) is 24.0 Å². The number of hydrogen-bond donors (Lipinski definition) is 1. The molecule has 0 spiro atoms. The van der Waals surface area contributed by atoms with Gasteiger partial charge in [-0.1, -0.05) is 31.8 Å². The minimum absolute atomic E-state index is 0.173. The quantitative estimate of drug-likeness (QED) is 0.831. The zero-order chi connectivity index (χ0) is 15.4. The number of methoxy groups -OCH3 is 1. The third kappa shape index (κ3) is 3.43. The van der Waals surface area contributed by atoms with Crippen molar-refractivity contribution in [2.45, 2.75) is 58.0 Å². The molecule has 118 valence electrons. The predicted octanol–water partition coefficient (Wildman–Crippen LogP) is 3.16. The van der Waals surface area contributed by atoms with E-state index < -0.39 is 11.9 Å². The van der Waals surface area contributed by atoms with Gasteiger partial charge >= 0.3 is 5.97 Å². The van der Waals surface area contributed by atoms with E-state index in [0.29, 0.717) is 24.1 Å². The van der Waals surface area contributed by atoms with Gasteiger partial charge in [-0.2, -0.15) is 4.98 Å². The minimum Gasteiger partial charge on any atom is -0.481 e. The molecule has 2 rings (SSSR count). The lowest BCUT2D eigenvalue weighted by Crippen LogP contribution is -2.17. The van der Waals surface area contributed by atoms with E-state index in [1.807, 2.05) is 0 Å². The molecule has 1 aromatic rings. The Kier molecular flexibility index (Phi) is 5.33. The molecule has 1 aliphatic carbocycles. The van der Waals surface area contributed by atoms with Gasteiger partial charge in [0.05, 0.1) is 11.8 Å². The van der Waals surface area contributed by atoms with Gasteiger partial charge in [-0.05, 0) is 25.2 Å². The van der Waals surface area contributed by atoms with Gasteiger partial charge in [-0.15, -0.1) is 0 Å². The lowest BCUT2D eigenvalue weighted by Gasteiger charge is -2.11. The smallest absolute Gasteiger partial charge is 0.307 e. The maximum Gasteiger partial charge on any atom is 0.307 e. The van der Waals surface area contributed by atoms with Crippen molar-refractivity contribution in [3.05, 3.63) is 11.7 Å². The van der Waals surface area contributed by atoms with Crippen LogP contribution in [0.15, 0.2) is 4.52 Å². The number of carboxylic acids is 1. The van der Waals surface area contributed by atoms with E-state index in [-0.39, 0.29) is 12.0 Å². The van der Waals surface area contributed by atoms with Gasteiger partial charge in [0, 0.05) is 7.11 Å². The van der Waals surface area contributed by atoms with Crippen LogP contribution in [0.1, 0.15) is 69.7 Å². The molecule has 4 unspecified atom stereocenters. The first-order valence-electron chi connectivity index (χ1n) is 7.69. The summed E-state index contributed by atoms with van der Waals surface area (Å²) in [6.07, 6.45) is 4.08. The van der Waals surface area contributed by atoms with Gasteiger partial charge in [0.1, 0.15) is 6.10 Å². The molecule has 4 atom stereocenters. The normalized spacial score (nSPS) is 26.9. The first-order chi connectivity index (χ1) is 10.1. The molecule has 1 saturated carbocycles. The van der Waals surface area contributed by atoms with Crippen LogP contribution >= 0.6 is 0 Å². The number of aromatic nitrogens is 2. The van der Waals surface area contributed by atoms with Crippen LogP contribution in [0, 0.1) is 11.8 Å². The molecule has 0 radical (unpaired) electrons. The molecule has 0 saturated heterocycles. The number of carboxylic acid groups (broad SMARTS) is 1. The van der Waals surface area contributed by atoms with Gasteiger partial charge < -0.3 is 14.4 Å². The van der Waals surface area contributed by atoms with E-state index in [0.717, 1.165) is 25.7 Å². The van der Waals surface area contributed by atoms with Gasteiger partial charge in [0.2, 0.25) is 11.7 Å². The summed E-state index contributed by atoms with van der Waals surface area (Å²) in [5.41, 5.74) is 0. The van der Waals surface area contributed by atoms with E-state index in [4.69, 9.17) is 9.26 Å². The van der Waals surface area contributed by atoms with Crippen molar-refractivity contribution in [3.63, 3.8) is 0 Å². The highest BCUT2D eigenvalue weighted by molar-refractivity contribution is 5.71. The molecule has 0 aliphatic heterocycles. The average Bonchev–Trinajstić information content (AvgIpc) is 3.10. The second-order valence-corrected chi connectivity index (χ2v) is 5.80. The van der Waals surface area contributed by atoms with Crippen molar-refractivity contribution in [2.24, 2.45) is 11.8 Å². The summed E-state index contributed by atoms with van der Waals surface area (Å²) in [4.78, 5) is 15.8. The third-order valence-corrected chi connectivity index (χ3v) is 4.45. The molecule has 6 heteroatoms. The van der Waals surface area contributed by atoms with Crippen molar-refractivity contribution in [3.8, 4) is 0 Å². The summed E-state index contributed by atoms with van der Waals surface area (Å²) in [5.74, 6) is 0.0288. The molecule has 1 fully saturated rings. The first-order valence-corrected chi connectivity index (χ1v) is 7.69. The molecular weight excluding hydrogens is 272 g/mol. The Balaban J connectivity index is 2.17. The predicted molar refractivity (Wildman–Crippen MR) is 75.8 cm³/mol. The summed E-state index contributed by atoms with van der Waals surface area (Å²) in [6, 6.07) is 0. The Morgan fingerprint density at radius 2 is 2.24 bits per heavy atom. The number of nitrogens with zero attached hydrogens (tertiary/aromatic N) is 2. The van der Waals surface area contributed by atoms with E-state index in [1.54, 1.807) is 7.11 Å². The molecule has 0 aromatic carbocycles. The summed E-state index contributed by atoms with van der Waals surface area (Å²) >= 11 is 0. The highest BCUT2D eigenvalue weighted by Gasteiger charge is 2.42. The SMILES string of the molecule is CCCC(OC)c1noc(C2CC(CC)CC2C(=O)O)n1. The molecular formula is C15H24N2O4. The van der Waals surface area contributed by atoms with E-state index in [9.17, 15) is 9.90 Å². The summed E-state index contributed by atoms with van der Waals surface area (Å²) in [7, 11) is 1.62. The van der Waals surface area contributed by atoms with Crippen LogP contribution in [0.5, 0.6) is 0 Å². The Morgan fingerprint density at radius 3 is 2.81 bits per heavy atom. The van der Waals surface area contributed by atoms with E-state index >= 15 is 0 Å². The maximum absolute atomic E-state index is 11.4. The standard InChI is InChI=1S/C15H24N2O4/c1-4-6-12(20-3)13-16-14(21-17-13)10-7-9(5-2)8-11(10)15(18)19/h9-12H,4-8H2,1-3H3,(H,18,19). The van der Waals surface area contributed by atoms with Gasteiger partial charge in [-0.3, -0.25) is 4.79 Å². The summed E-state index contributed by atoms with van der Waals surface area (Å²) < 4.78 is 10.7. The van der Waals surface area contributed by atoms with Crippen molar-refractivity contribution >= 4 is 5.97 Å². The minimum atomic E-state index is -0.771. The number of carbonyl (C=O) groups is 1. The van der Waals surface area contributed by atoms with Crippen LogP contribution in [-0.4, -0.2) is 28.3 Å². The first kappa shape index (κ1) is 15.9. The molecule has 1 aromatic heterocycles. The average molecular weight is 296 g/mol. The summed E-state index contributed by atoms with van der Waals surface area (Å²) in [5, 5.41) is 13.4. The number of aliphatic carboxylic acids is 1. The Morgan fingerprint density at radius 1 is 1.48 bits per heavy atom. The van der Waals surface area contributed by atoms with E-state index in [1.165, 1.54) is 0 Å². The topological polar surface area (TPSA) is 85.5 Å². The molecule has 1 N–H and O–H groups in total. The Hall–Kier alpha value is -1.43. The highest BCUT2D eigenvalue weighted by Crippen LogP contribution is 2.44. The zero-order valence-electron chi connectivity index (χ0n) is 12.9. The van der Waals surface area contributed by atoms with Crippen molar-refractivity contribution in [1.29, 1.82) is 0 Å². The summed E-state index contributed by atoms with van der Waals surface area (Å²) in [6.45, 7) is 4.16. The maximum atomic E-state index is 11.4. The van der Waals surface area contributed by atoms with Crippen molar-refractivity contribution in [1.82, 2.24) is 10.1 Å². The second-order valence-electron chi connectivity index (χ2n) is 5.80. The molecule has 21 heavy (non-hydrogen) atoms. The fourth-order valence-electron chi connectivity index (χ4n) is 3.17. The highest BCUT2D eigenvalue weighted by atomic mass is 16.5. The van der Waals surface area contributed by atoms with Crippen LogP contribution < -0.4 is 0 Å². The van der Waals surface area contributed by atoms with Crippen LogP contribution in [0.2, 0.25) is 0 Å². The third-order valence-electron chi connectivity index (χ3n) is 4.45. The fraction of sp³-hybridized carbons (Fsp3) is 0.800. The zero-order valence-corrected chi connectivity index (χ0v) is 12.9. The van der Waals surface area contributed by atoms with Gasteiger partial charge in [-0.25, -0.2) is 0 Å². The fourth-order valence-corrected chi connectivity index (χ4v) is 3.17. The van der Waals surface area contributed by atoms with Gasteiger partial charge in [0.15, 0.2) is 0 Å². The molecule has 0 bridgehead atoms. The molecule has 0 amide bonds. The van der Waals surface area contributed by atoms with Crippen LogP contribution in [0.25, 0.3) is 0 Å². The Bertz CT molecular complexity index is 474. The number of ether oxygens (including phenoxy) is 1.